The van der Waals surface area contributed by atoms with E-state index < -0.39 is 0 Å². The highest BCUT2D eigenvalue weighted by molar-refractivity contribution is 5.04. The fraction of sp³-hybridized carbons (Fsp3) is 0.818. The molecule has 5 heteroatoms. The Kier molecular flexibility index (Phi) is 2.65. The molecule has 16 heavy (non-hydrogen) atoms. The molecular formula is C11H19N5. The molecule has 1 saturated heterocycles. The molecule has 0 amide bonds. The lowest BCUT2D eigenvalue weighted by Gasteiger charge is -2.20. The van der Waals surface area contributed by atoms with Gasteiger partial charge in [0.1, 0.15) is 11.6 Å². The van der Waals surface area contributed by atoms with E-state index in [0.717, 1.165) is 56.5 Å². The van der Waals surface area contributed by atoms with Crippen molar-refractivity contribution >= 4 is 0 Å². The molecule has 2 aliphatic rings. The fourth-order valence-electron chi connectivity index (χ4n) is 2.76. The van der Waals surface area contributed by atoms with Crippen LogP contribution in [0.5, 0.6) is 0 Å². The van der Waals surface area contributed by atoms with E-state index in [1.165, 1.54) is 6.42 Å². The molecule has 0 saturated carbocycles. The van der Waals surface area contributed by atoms with Crippen molar-refractivity contribution in [2.24, 2.45) is 11.7 Å². The predicted molar refractivity (Wildman–Crippen MR) is 60.9 cm³/mol. The molecule has 3 rings (SSSR count). The normalized spacial score (nSPS) is 29.3. The molecule has 1 fully saturated rings. The van der Waals surface area contributed by atoms with Crippen LogP contribution in [0.2, 0.25) is 0 Å². The third-order valence-electron chi connectivity index (χ3n) is 3.72. The molecule has 0 bridgehead atoms. The van der Waals surface area contributed by atoms with Crippen LogP contribution in [0.1, 0.15) is 37.0 Å². The smallest absolute Gasteiger partial charge is 0.149 e. The summed E-state index contributed by atoms with van der Waals surface area (Å²) in [6.45, 7) is 3.31. The van der Waals surface area contributed by atoms with Crippen LogP contribution in [0, 0.1) is 5.92 Å². The summed E-state index contributed by atoms with van der Waals surface area (Å²) in [5.74, 6) is 2.86. The lowest BCUT2D eigenvalue weighted by Crippen LogP contribution is -2.24. The largest absolute Gasteiger partial charge is 0.321 e. The molecule has 0 aliphatic carbocycles. The van der Waals surface area contributed by atoms with Crippen molar-refractivity contribution in [2.45, 2.75) is 38.3 Å². The number of rotatable bonds is 2. The van der Waals surface area contributed by atoms with Crippen molar-refractivity contribution in [1.29, 1.82) is 0 Å². The Balaban J connectivity index is 1.79. The summed E-state index contributed by atoms with van der Waals surface area (Å²) in [5.41, 5.74) is 6.03. The number of hydrogen-bond donors (Lipinski definition) is 2. The first-order valence-corrected chi connectivity index (χ1v) is 6.23. The molecule has 2 unspecified atom stereocenters. The minimum Gasteiger partial charge on any atom is -0.321 e. The molecule has 3 heterocycles. The van der Waals surface area contributed by atoms with Gasteiger partial charge in [-0.25, -0.2) is 0 Å². The fourth-order valence-corrected chi connectivity index (χ4v) is 2.76. The van der Waals surface area contributed by atoms with E-state index in [2.05, 4.69) is 20.1 Å². The second-order valence-corrected chi connectivity index (χ2v) is 4.94. The van der Waals surface area contributed by atoms with Gasteiger partial charge in [0.2, 0.25) is 0 Å². The maximum absolute atomic E-state index is 6.03. The van der Waals surface area contributed by atoms with Gasteiger partial charge in [0, 0.05) is 13.0 Å². The van der Waals surface area contributed by atoms with E-state index in [4.69, 9.17) is 5.73 Å². The standard InChI is InChI=1S/C11H19N5/c12-9-2-1-5-16-10(14-15-11(9)16)6-8-3-4-13-7-8/h8-9,13H,1-7,12H2. The van der Waals surface area contributed by atoms with E-state index in [0.29, 0.717) is 0 Å². The zero-order valence-electron chi connectivity index (χ0n) is 9.52. The second-order valence-electron chi connectivity index (χ2n) is 4.94. The van der Waals surface area contributed by atoms with E-state index in [-0.39, 0.29) is 6.04 Å². The summed E-state index contributed by atoms with van der Waals surface area (Å²) in [7, 11) is 0. The number of fused-ring (bicyclic) bond motifs is 1. The first kappa shape index (κ1) is 10.2. The van der Waals surface area contributed by atoms with Crippen LogP contribution in [0.4, 0.5) is 0 Å². The summed E-state index contributed by atoms with van der Waals surface area (Å²) < 4.78 is 2.24. The van der Waals surface area contributed by atoms with Gasteiger partial charge in [0.05, 0.1) is 6.04 Å². The van der Waals surface area contributed by atoms with Crippen LogP contribution in [-0.2, 0) is 13.0 Å². The third-order valence-corrected chi connectivity index (χ3v) is 3.72. The predicted octanol–water partition coefficient (Wildman–Crippen LogP) is 0.224. The molecule has 3 N–H and O–H groups in total. The quantitative estimate of drug-likeness (QED) is 0.750. The maximum Gasteiger partial charge on any atom is 0.149 e. The van der Waals surface area contributed by atoms with E-state index in [1.54, 1.807) is 0 Å². The van der Waals surface area contributed by atoms with Gasteiger partial charge in [-0.1, -0.05) is 0 Å². The average Bonchev–Trinajstić information content (AvgIpc) is 2.90. The Labute approximate surface area is 95.4 Å². The van der Waals surface area contributed by atoms with Crippen LogP contribution >= 0.6 is 0 Å². The number of hydrogen-bond acceptors (Lipinski definition) is 4. The first-order chi connectivity index (χ1) is 7.84. The van der Waals surface area contributed by atoms with Gasteiger partial charge in [-0.3, -0.25) is 0 Å². The minimum atomic E-state index is 0.0942. The highest BCUT2D eigenvalue weighted by atomic mass is 15.3. The monoisotopic (exact) mass is 221 g/mol. The van der Waals surface area contributed by atoms with E-state index in [9.17, 15) is 0 Å². The topological polar surface area (TPSA) is 68.8 Å². The lowest BCUT2D eigenvalue weighted by molar-refractivity contribution is 0.433. The zero-order chi connectivity index (χ0) is 11.0. The Hall–Kier alpha value is -0.940. The van der Waals surface area contributed by atoms with Crippen molar-refractivity contribution in [2.75, 3.05) is 13.1 Å². The number of nitrogens with zero attached hydrogens (tertiary/aromatic N) is 3. The van der Waals surface area contributed by atoms with Gasteiger partial charge in [0.25, 0.3) is 0 Å². The van der Waals surface area contributed by atoms with Crippen LogP contribution in [0.15, 0.2) is 0 Å². The molecule has 0 aromatic carbocycles. The summed E-state index contributed by atoms with van der Waals surface area (Å²) >= 11 is 0. The number of nitrogens with one attached hydrogen (secondary N) is 1. The lowest BCUT2D eigenvalue weighted by atomic mass is 10.0. The van der Waals surface area contributed by atoms with E-state index in [1.807, 2.05) is 0 Å². The van der Waals surface area contributed by atoms with Gasteiger partial charge in [-0.2, -0.15) is 0 Å². The molecular weight excluding hydrogens is 202 g/mol. The maximum atomic E-state index is 6.03. The Morgan fingerprint density at radius 2 is 2.31 bits per heavy atom. The molecule has 5 nitrogen and oxygen atoms in total. The first-order valence-electron chi connectivity index (χ1n) is 6.23. The molecule has 2 aliphatic heterocycles. The highest BCUT2D eigenvalue weighted by Crippen LogP contribution is 2.23. The Bertz CT molecular complexity index is 366. The third kappa shape index (κ3) is 1.74. The van der Waals surface area contributed by atoms with Crippen molar-refractivity contribution in [3.05, 3.63) is 11.6 Å². The van der Waals surface area contributed by atoms with Gasteiger partial charge in [0.15, 0.2) is 0 Å². The van der Waals surface area contributed by atoms with Crippen LogP contribution in [0.3, 0.4) is 0 Å². The Morgan fingerprint density at radius 3 is 3.12 bits per heavy atom. The van der Waals surface area contributed by atoms with Gasteiger partial charge >= 0.3 is 0 Å². The van der Waals surface area contributed by atoms with Crippen LogP contribution < -0.4 is 11.1 Å². The van der Waals surface area contributed by atoms with Crippen molar-refractivity contribution in [3.8, 4) is 0 Å². The Morgan fingerprint density at radius 1 is 1.38 bits per heavy atom. The van der Waals surface area contributed by atoms with Crippen molar-refractivity contribution < 1.29 is 0 Å². The van der Waals surface area contributed by atoms with E-state index >= 15 is 0 Å². The summed E-state index contributed by atoms with van der Waals surface area (Å²) in [6.07, 6.45) is 4.51. The van der Waals surface area contributed by atoms with Gasteiger partial charge in [-0.05, 0) is 38.3 Å². The van der Waals surface area contributed by atoms with Crippen molar-refractivity contribution in [1.82, 2.24) is 20.1 Å². The molecule has 88 valence electrons. The minimum absolute atomic E-state index is 0.0942. The average molecular weight is 221 g/mol. The summed E-state index contributed by atoms with van der Waals surface area (Å²) in [5, 5.41) is 12.0. The molecule has 0 spiro atoms. The zero-order valence-corrected chi connectivity index (χ0v) is 9.52. The van der Waals surface area contributed by atoms with Crippen LogP contribution in [-0.4, -0.2) is 27.9 Å². The number of aromatic nitrogens is 3. The highest BCUT2D eigenvalue weighted by Gasteiger charge is 2.24. The van der Waals surface area contributed by atoms with Crippen molar-refractivity contribution in [3.63, 3.8) is 0 Å². The van der Waals surface area contributed by atoms with Gasteiger partial charge in [-0.15, -0.1) is 10.2 Å². The summed E-state index contributed by atoms with van der Waals surface area (Å²) in [6, 6.07) is 0.0942. The summed E-state index contributed by atoms with van der Waals surface area (Å²) in [4.78, 5) is 0. The molecule has 0 radical (unpaired) electrons. The van der Waals surface area contributed by atoms with Crippen LogP contribution in [0.25, 0.3) is 0 Å². The second kappa shape index (κ2) is 4.14. The molecule has 1 aromatic rings. The molecule has 2 atom stereocenters. The molecule has 1 aromatic heterocycles. The number of nitrogens with two attached hydrogens (primary N) is 1. The van der Waals surface area contributed by atoms with Gasteiger partial charge < -0.3 is 15.6 Å². The SMILES string of the molecule is NC1CCCn2c(CC3CCNC3)nnc21.